The van der Waals surface area contributed by atoms with Crippen LogP contribution in [0, 0.1) is 11.8 Å². The summed E-state index contributed by atoms with van der Waals surface area (Å²) in [6.07, 6.45) is -13.9. The molecule has 1 aromatic carbocycles. The van der Waals surface area contributed by atoms with Crippen molar-refractivity contribution in [2.24, 2.45) is 11.8 Å². The molecule has 1 fully saturated rings. The maximum atomic E-state index is 15.4. The summed E-state index contributed by atoms with van der Waals surface area (Å²) in [5.41, 5.74) is -8.49. The van der Waals surface area contributed by atoms with Crippen LogP contribution < -0.4 is 9.64 Å². The topological polar surface area (TPSA) is 126 Å². The number of ether oxygens (including phenoxy) is 4. The summed E-state index contributed by atoms with van der Waals surface area (Å²) in [6.45, 7) is 9.69. The van der Waals surface area contributed by atoms with E-state index >= 15 is 13.2 Å². The predicted octanol–water partition coefficient (Wildman–Crippen LogP) is 9.39. The van der Waals surface area contributed by atoms with Crippen LogP contribution in [0.2, 0.25) is 0 Å². The van der Waals surface area contributed by atoms with E-state index in [4.69, 9.17) is 23.4 Å². The van der Waals surface area contributed by atoms with Gasteiger partial charge < -0.3 is 23.4 Å². The maximum absolute atomic E-state index is 15.4. The van der Waals surface area contributed by atoms with E-state index in [0.717, 1.165) is 0 Å². The highest BCUT2D eigenvalue weighted by Gasteiger charge is 2.63. The number of carbonyl (C=O) groups excluding carboxylic acids is 2. The van der Waals surface area contributed by atoms with Crippen LogP contribution in [0.1, 0.15) is 91.2 Å². The number of hydrogen-bond donors (Lipinski definition) is 0. The Bertz CT molecular complexity index is 1730. The molecule has 2 amide bonds. The number of halogens is 6. The molecule has 0 saturated heterocycles. The molecule has 0 unspecified atom stereocenters. The van der Waals surface area contributed by atoms with Gasteiger partial charge in [0.15, 0.2) is 5.69 Å². The molecule has 1 aliphatic carbocycles. The van der Waals surface area contributed by atoms with E-state index in [9.17, 15) is 22.8 Å². The maximum Gasteiger partial charge on any atom is 0.426 e. The summed E-state index contributed by atoms with van der Waals surface area (Å²) in [5.74, 6) is -3.60. The van der Waals surface area contributed by atoms with Gasteiger partial charge in [-0.2, -0.15) is 31.2 Å². The highest BCUT2D eigenvalue weighted by Crippen LogP contribution is 2.53. The molecule has 2 aromatic heterocycles. The number of hydrogen-bond acceptors (Lipinski definition) is 10. The third-order valence-electron chi connectivity index (χ3n) is 8.31. The standard InChI is InChI=1S/C35H40F6N4O7/c1-19-13-21-14-22(15-21)17-33(35(39,40)41,48-18-20-11-9-8-10-12-20)28-44-43-27(50-28)25-24(16-23(34(36,37)38)26(42-25)49-19)45(29(46)51-31(2,3)4)30(47)52-32(5,6)7/h8-12,16,19,21-22H,13-15,17-18H2,1-7H3/t19-,21?,22?,33-/m1/s1. The Morgan fingerprint density at radius 1 is 0.885 bits per heavy atom. The molecule has 0 spiro atoms. The van der Waals surface area contributed by atoms with E-state index in [-0.39, 0.29) is 17.2 Å². The van der Waals surface area contributed by atoms with Crippen LogP contribution >= 0.6 is 0 Å². The summed E-state index contributed by atoms with van der Waals surface area (Å²) in [6, 6.07) is 8.50. The largest absolute Gasteiger partial charge is 0.474 e. The van der Waals surface area contributed by atoms with Gasteiger partial charge in [-0.3, -0.25) is 0 Å². The Kier molecular flexibility index (Phi) is 10.3. The zero-order valence-electron chi connectivity index (χ0n) is 29.6. The van der Waals surface area contributed by atoms with Gasteiger partial charge in [0.25, 0.3) is 11.8 Å². The van der Waals surface area contributed by atoms with Crippen LogP contribution in [0.3, 0.4) is 0 Å². The lowest BCUT2D eigenvalue weighted by atomic mass is 9.68. The SMILES string of the molecule is C[C@@H]1CC2CC(C2)C[C@](OCc2ccccc2)(C(F)(F)F)c2nnc(o2)-c2nc(c(C(F)(F)F)cc2N(C(=O)OC(C)(C)C)C(=O)OC(C)(C)C)O1. The van der Waals surface area contributed by atoms with E-state index in [0.29, 0.717) is 24.5 Å². The average Bonchev–Trinajstić information content (AvgIpc) is 3.46. The fourth-order valence-corrected chi connectivity index (χ4v) is 6.13. The molecule has 2 atom stereocenters. The molecule has 52 heavy (non-hydrogen) atoms. The Labute approximate surface area is 296 Å². The minimum Gasteiger partial charge on any atom is -0.474 e. The number of benzene rings is 1. The third kappa shape index (κ3) is 8.61. The summed E-state index contributed by atoms with van der Waals surface area (Å²) >= 11 is 0. The summed E-state index contributed by atoms with van der Waals surface area (Å²) in [5, 5.41) is 7.50. The van der Waals surface area contributed by atoms with Crippen LogP contribution in [0.15, 0.2) is 40.8 Å². The van der Waals surface area contributed by atoms with Crippen molar-refractivity contribution in [1.29, 1.82) is 0 Å². The van der Waals surface area contributed by atoms with Gasteiger partial charge in [0, 0.05) is 0 Å². The highest BCUT2D eigenvalue weighted by molar-refractivity contribution is 6.11. The van der Waals surface area contributed by atoms with Gasteiger partial charge in [0.1, 0.15) is 16.8 Å². The molecule has 6 bridgehead atoms. The number of fused-ring (bicyclic) bond motifs is 3. The second-order valence-electron chi connectivity index (χ2n) is 15.1. The van der Waals surface area contributed by atoms with Crippen molar-refractivity contribution in [3.8, 4) is 17.5 Å². The highest BCUT2D eigenvalue weighted by atomic mass is 19.4. The van der Waals surface area contributed by atoms with E-state index in [2.05, 4.69) is 15.2 Å². The van der Waals surface area contributed by atoms with Gasteiger partial charge in [-0.1, -0.05) is 30.3 Å². The monoisotopic (exact) mass is 742 g/mol. The predicted molar refractivity (Wildman–Crippen MR) is 172 cm³/mol. The lowest BCUT2D eigenvalue weighted by Gasteiger charge is -2.42. The third-order valence-corrected chi connectivity index (χ3v) is 8.31. The molecule has 1 saturated carbocycles. The molecule has 0 radical (unpaired) electrons. The average molecular weight is 743 g/mol. The normalized spacial score (nSPS) is 22.4. The second-order valence-corrected chi connectivity index (χ2v) is 15.1. The zero-order chi connectivity index (χ0) is 38.4. The van der Waals surface area contributed by atoms with Gasteiger partial charge in [-0.05, 0) is 97.6 Å². The molecule has 284 valence electrons. The molecule has 11 nitrogen and oxygen atoms in total. The quantitative estimate of drug-likeness (QED) is 0.239. The summed E-state index contributed by atoms with van der Waals surface area (Å²) in [7, 11) is 0. The van der Waals surface area contributed by atoms with Crippen LogP contribution in [-0.4, -0.2) is 50.9 Å². The number of rotatable bonds is 4. The second kappa shape index (κ2) is 13.9. The number of alkyl halides is 6. The number of imide groups is 1. The Morgan fingerprint density at radius 3 is 2.02 bits per heavy atom. The molecule has 17 heteroatoms. The smallest absolute Gasteiger partial charge is 0.426 e. The van der Waals surface area contributed by atoms with E-state index < -0.39 is 101 Å². The van der Waals surface area contributed by atoms with Gasteiger partial charge >= 0.3 is 24.5 Å². The fraction of sp³-hybridized carbons (Fsp3) is 0.571. The van der Waals surface area contributed by atoms with Crippen molar-refractivity contribution in [2.45, 2.75) is 116 Å². The van der Waals surface area contributed by atoms with Crippen LogP contribution in [0.5, 0.6) is 5.88 Å². The molecular weight excluding hydrogens is 702 g/mol. The molecule has 2 aliphatic heterocycles. The first-order chi connectivity index (χ1) is 24.0. The Hall–Kier alpha value is -4.41. The molecule has 0 N–H and O–H groups in total. The molecule has 6 rings (SSSR count). The minimum atomic E-state index is -5.16. The first-order valence-corrected chi connectivity index (χ1v) is 16.6. The number of anilines is 1. The van der Waals surface area contributed by atoms with Gasteiger partial charge in [0.05, 0.1) is 18.4 Å². The summed E-state index contributed by atoms with van der Waals surface area (Å²) in [4.78, 5) is 31.4. The Balaban J connectivity index is 1.77. The van der Waals surface area contributed by atoms with Gasteiger partial charge in [-0.15, -0.1) is 10.2 Å². The fourth-order valence-electron chi connectivity index (χ4n) is 6.13. The molecule has 3 aliphatic rings. The molecular formula is C35H40F6N4O7. The lowest BCUT2D eigenvalue weighted by molar-refractivity contribution is -0.305. The van der Waals surface area contributed by atoms with Crippen molar-refractivity contribution in [3.63, 3.8) is 0 Å². The van der Waals surface area contributed by atoms with Crippen LogP contribution in [0.25, 0.3) is 11.6 Å². The Morgan fingerprint density at radius 2 is 1.48 bits per heavy atom. The van der Waals surface area contributed by atoms with E-state index in [1.165, 1.54) is 48.5 Å². The van der Waals surface area contributed by atoms with Crippen molar-refractivity contribution in [3.05, 3.63) is 53.4 Å². The number of carbonyl (C=O) groups is 2. The van der Waals surface area contributed by atoms with Crippen molar-refractivity contribution in [2.75, 3.05) is 4.90 Å². The minimum absolute atomic E-state index is 0.145. The first kappa shape index (κ1) is 38.8. The van der Waals surface area contributed by atoms with Gasteiger partial charge in [0.2, 0.25) is 11.5 Å². The number of amides is 2. The van der Waals surface area contributed by atoms with E-state index in [1.54, 1.807) is 30.3 Å². The number of pyridine rings is 1. The first-order valence-electron chi connectivity index (χ1n) is 16.6. The lowest BCUT2D eigenvalue weighted by Crippen LogP contribution is -2.48. The van der Waals surface area contributed by atoms with E-state index in [1.807, 2.05) is 0 Å². The van der Waals surface area contributed by atoms with Gasteiger partial charge in [-0.25, -0.2) is 14.6 Å². The number of nitrogens with zero attached hydrogens (tertiary/aromatic N) is 4. The van der Waals surface area contributed by atoms with Crippen molar-refractivity contribution >= 4 is 17.9 Å². The zero-order valence-corrected chi connectivity index (χ0v) is 29.6. The van der Waals surface area contributed by atoms with Crippen LogP contribution in [0.4, 0.5) is 41.6 Å². The van der Waals surface area contributed by atoms with Crippen molar-refractivity contribution in [1.82, 2.24) is 15.2 Å². The van der Waals surface area contributed by atoms with Crippen molar-refractivity contribution < 1.29 is 59.3 Å². The molecule has 4 heterocycles. The molecule has 3 aromatic rings. The number of aromatic nitrogens is 3. The van der Waals surface area contributed by atoms with Crippen LogP contribution in [-0.2, 0) is 32.6 Å². The summed E-state index contributed by atoms with van der Waals surface area (Å²) < 4.78 is 118.